The van der Waals surface area contributed by atoms with E-state index in [1.54, 1.807) is 30.2 Å². The second-order valence-corrected chi connectivity index (χ2v) is 8.76. The van der Waals surface area contributed by atoms with Crippen molar-refractivity contribution in [3.63, 3.8) is 0 Å². The number of nitrogens with one attached hydrogen (secondary N) is 1. The first-order chi connectivity index (χ1) is 19.1. The number of nitrogens with zero attached hydrogens (tertiary/aromatic N) is 2. The number of hydrogen-bond donors (Lipinski definition) is 1. The van der Waals surface area contributed by atoms with Gasteiger partial charge in [0.05, 0.1) is 39.2 Å². The van der Waals surface area contributed by atoms with Gasteiger partial charge < -0.3 is 33.7 Å². The van der Waals surface area contributed by atoms with E-state index in [0.717, 1.165) is 17.7 Å². The van der Waals surface area contributed by atoms with Crippen molar-refractivity contribution in [3.05, 3.63) is 77.7 Å². The fraction of sp³-hybridized carbons (Fsp3) is 0.357. The zero-order valence-corrected chi connectivity index (χ0v) is 22.5. The number of hydrogen-bond acceptors (Lipinski definition) is 6. The zero-order valence-electron chi connectivity index (χ0n) is 22.5. The molecule has 2 aromatic carbocycles. The van der Waals surface area contributed by atoms with Crippen LogP contribution < -0.4 is 14.8 Å². The fourth-order valence-electron chi connectivity index (χ4n) is 3.88. The molecule has 0 aliphatic carbocycles. The van der Waals surface area contributed by atoms with Crippen molar-refractivity contribution < 1.29 is 41.4 Å². The second-order valence-electron chi connectivity index (χ2n) is 8.76. The van der Waals surface area contributed by atoms with Gasteiger partial charge in [-0.3, -0.25) is 4.79 Å². The van der Waals surface area contributed by atoms with Crippen molar-refractivity contribution >= 4 is 17.6 Å². The molecule has 0 spiro atoms. The smallest absolute Gasteiger partial charge is 0.416 e. The first kappa shape index (κ1) is 30.4. The van der Waals surface area contributed by atoms with Crippen LogP contribution in [0.25, 0.3) is 0 Å². The third-order valence-electron chi connectivity index (χ3n) is 6.02. The van der Waals surface area contributed by atoms with Crippen LogP contribution in [0.1, 0.15) is 16.9 Å². The number of benzene rings is 2. The molecule has 0 saturated heterocycles. The topological polar surface area (TPSA) is 93.5 Å². The predicted octanol–water partition coefficient (Wildman–Crippen LogP) is 5.07. The molecule has 0 saturated carbocycles. The van der Waals surface area contributed by atoms with E-state index in [-0.39, 0.29) is 37.8 Å². The Labute approximate surface area is 230 Å². The van der Waals surface area contributed by atoms with Crippen LogP contribution in [0.2, 0.25) is 0 Å². The lowest BCUT2D eigenvalue weighted by Crippen LogP contribution is -2.46. The Morgan fingerprint density at radius 1 is 0.925 bits per heavy atom. The summed E-state index contributed by atoms with van der Waals surface area (Å²) in [5.74, 6) is 1.31. The zero-order chi connectivity index (χ0) is 29.1. The van der Waals surface area contributed by atoms with Crippen LogP contribution in [0.15, 0.2) is 65.3 Å². The molecule has 1 aromatic heterocycles. The van der Waals surface area contributed by atoms with E-state index in [1.165, 1.54) is 37.5 Å². The molecule has 9 nitrogen and oxygen atoms in total. The second kappa shape index (κ2) is 14.3. The van der Waals surface area contributed by atoms with Crippen molar-refractivity contribution in [2.45, 2.75) is 19.1 Å². The SMILES string of the molecule is COCCN(CC(=O)N(CCc1ccc(OC)c(OC)c1)Cc1ccco1)C(=O)Nc1cccc(C(F)(F)F)c1. The maximum Gasteiger partial charge on any atom is 0.416 e. The summed E-state index contributed by atoms with van der Waals surface area (Å²) in [4.78, 5) is 29.2. The minimum absolute atomic E-state index is 0.0390. The molecule has 216 valence electrons. The van der Waals surface area contributed by atoms with E-state index < -0.39 is 17.8 Å². The van der Waals surface area contributed by atoms with Crippen LogP contribution in [0.4, 0.5) is 23.7 Å². The minimum atomic E-state index is -4.56. The lowest BCUT2D eigenvalue weighted by atomic mass is 10.1. The van der Waals surface area contributed by atoms with E-state index >= 15 is 0 Å². The van der Waals surface area contributed by atoms with Crippen molar-refractivity contribution in [2.24, 2.45) is 0 Å². The van der Waals surface area contributed by atoms with Gasteiger partial charge in [-0.2, -0.15) is 13.2 Å². The number of amides is 3. The molecule has 40 heavy (non-hydrogen) atoms. The quantitative estimate of drug-likeness (QED) is 0.312. The summed E-state index contributed by atoms with van der Waals surface area (Å²) in [5, 5.41) is 2.45. The summed E-state index contributed by atoms with van der Waals surface area (Å²) in [7, 11) is 4.52. The van der Waals surface area contributed by atoms with E-state index in [4.69, 9.17) is 18.6 Å². The minimum Gasteiger partial charge on any atom is -0.493 e. The van der Waals surface area contributed by atoms with Crippen LogP contribution in [-0.4, -0.2) is 69.3 Å². The molecular formula is C28H32F3N3O6. The van der Waals surface area contributed by atoms with Gasteiger partial charge in [0, 0.05) is 25.9 Å². The van der Waals surface area contributed by atoms with Crippen molar-refractivity contribution in [2.75, 3.05) is 52.9 Å². The standard InChI is InChI=1S/C28H32F3N3O6/c1-37-15-13-34(27(36)32-22-7-4-6-21(17-22)28(29,30)31)19-26(35)33(18-23-8-5-14-40-23)12-11-20-9-10-24(38-2)25(16-20)39-3/h4-10,14,16-17H,11-13,15,18-19H2,1-3H3,(H,32,36). The van der Waals surface area contributed by atoms with Gasteiger partial charge in [0.25, 0.3) is 0 Å². The largest absolute Gasteiger partial charge is 0.493 e. The monoisotopic (exact) mass is 563 g/mol. The van der Waals surface area contributed by atoms with Gasteiger partial charge in [-0.15, -0.1) is 0 Å². The van der Waals surface area contributed by atoms with E-state index in [9.17, 15) is 22.8 Å². The van der Waals surface area contributed by atoms with Crippen molar-refractivity contribution in [1.29, 1.82) is 0 Å². The highest BCUT2D eigenvalue weighted by molar-refractivity contribution is 5.92. The first-order valence-electron chi connectivity index (χ1n) is 12.4. The van der Waals surface area contributed by atoms with E-state index in [2.05, 4.69) is 5.32 Å². The Morgan fingerprint density at radius 2 is 1.70 bits per heavy atom. The fourth-order valence-corrected chi connectivity index (χ4v) is 3.88. The Kier molecular flexibility index (Phi) is 10.8. The predicted molar refractivity (Wildman–Crippen MR) is 141 cm³/mol. The third kappa shape index (κ3) is 8.67. The number of urea groups is 1. The van der Waals surface area contributed by atoms with E-state index in [0.29, 0.717) is 30.2 Å². The number of ether oxygens (including phenoxy) is 3. The molecule has 0 aliphatic rings. The normalized spacial score (nSPS) is 11.2. The molecule has 1 heterocycles. The Hall–Kier alpha value is -4.19. The molecule has 1 N–H and O–H groups in total. The maximum atomic E-state index is 13.5. The summed E-state index contributed by atoms with van der Waals surface area (Å²) < 4.78 is 60.5. The molecule has 0 fully saturated rings. The summed E-state index contributed by atoms with van der Waals surface area (Å²) in [6.07, 6.45) is -2.59. The van der Waals surface area contributed by atoms with Gasteiger partial charge in [0.1, 0.15) is 12.3 Å². The maximum absolute atomic E-state index is 13.5. The highest BCUT2D eigenvalue weighted by atomic mass is 19.4. The molecule has 0 unspecified atom stereocenters. The number of methoxy groups -OCH3 is 3. The summed E-state index contributed by atoms with van der Waals surface area (Å²) in [5.41, 5.74) is -0.0476. The van der Waals surface area contributed by atoms with Crippen LogP contribution in [0.5, 0.6) is 11.5 Å². The third-order valence-corrected chi connectivity index (χ3v) is 6.02. The van der Waals surface area contributed by atoms with Crippen molar-refractivity contribution in [3.8, 4) is 11.5 Å². The lowest BCUT2D eigenvalue weighted by molar-refractivity contribution is -0.137. The molecule has 0 aliphatic heterocycles. The number of halogens is 3. The van der Waals surface area contributed by atoms with Crippen LogP contribution >= 0.6 is 0 Å². The van der Waals surface area contributed by atoms with Crippen LogP contribution in [0, 0.1) is 0 Å². The van der Waals surface area contributed by atoms with Gasteiger partial charge in [-0.1, -0.05) is 12.1 Å². The Morgan fingerprint density at radius 3 is 2.35 bits per heavy atom. The Bertz CT molecular complexity index is 1250. The van der Waals surface area contributed by atoms with Gasteiger partial charge in [-0.25, -0.2) is 4.79 Å². The lowest BCUT2D eigenvalue weighted by Gasteiger charge is -2.27. The van der Waals surface area contributed by atoms with Crippen LogP contribution in [-0.2, 0) is 28.7 Å². The van der Waals surface area contributed by atoms with Crippen molar-refractivity contribution in [1.82, 2.24) is 9.80 Å². The number of alkyl halides is 3. The van der Waals surface area contributed by atoms with Gasteiger partial charge in [0.2, 0.25) is 5.91 Å². The molecular weight excluding hydrogens is 531 g/mol. The molecule has 3 aromatic rings. The number of anilines is 1. The number of furan rings is 1. The highest BCUT2D eigenvalue weighted by Gasteiger charge is 2.31. The molecule has 0 bridgehead atoms. The highest BCUT2D eigenvalue weighted by Crippen LogP contribution is 2.31. The molecule has 3 amide bonds. The number of carbonyl (C=O) groups excluding carboxylic acids is 2. The first-order valence-corrected chi connectivity index (χ1v) is 12.4. The summed E-state index contributed by atoms with van der Waals surface area (Å²) in [6, 6.07) is 12.5. The molecule has 0 atom stereocenters. The summed E-state index contributed by atoms with van der Waals surface area (Å²) >= 11 is 0. The number of rotatable bonds is 13. The average molecular weight is 564 g/mol. The number of carbonyl (C=O) groups is 2. The van der Waals surface area contributed by atoms with E-state index in [1.807, 2.05) is 12.1 Å². The Balaban J connectivity index is 1.75. The molecule has 12 heteroatoms. The van der Waals surface area contributed by atoms with Gasteiger partial charge >= 0.3 is 12.2 Å². The molecule has 3 rings (SSSR count). The van der Waals surface area contributed by atoms with Crippen LogP contribution in [0.3, 0.4) is 0 Å². The van der Waals surface area contributed by atoms with Gasteiger partial charge in [-0.05, 0) is 54.4 Å². The average Bonchev–Trinajstić information content (AvgIpc) is 3.45. The van der Waals surface area contributed by atoms with Gasteiger partial charge in [0.15, 0.2) is 11.5 Å². The molecule has 0 radical (unpaired) electrons. The summed E-state index contributed by atoms with van der Waals surface area (Å²) in [6.45, 7) is 0.278.